The molecule has 2 aliphatic rings. The number of ether oxygens (including phenoxy) is 3. The monoisotopic (exact) mass is 466 g/mol. The van der Waals surface area contributed by atoms with Gasteiger partial charge in [0.05, 0.1) is 20.8 Å². The van der Waals surface area contributed by atoms with E-state index in [-0.39, 0.29) is 5.91 Å². The molecule has 2 aromatic carbocycles. The molecule has 4 rings (SSSR count). The molecule has 2 aromatic rings. The lowest BCUT2D eigenvalue weighted by molar-refractivity contribution is 0.0694. The van der Waals surface area contributed by atoms with Crippen LogP contribution in [0.15, 0.2) is 36.4 Å². The van der Waals surface area contributed by atoms with Gasteiger partial charge in [0.2, 0.25) is 0 Å². The number of fused-ring (bicyclic) bond motifs is 1. The highest BCUT2D eigenvalue weighted by atomic mass is 16.5. The molecule has 1 fully saturated rings. The van der Waals surface area contributed by atoms with Crippen LogP contribution in [0.5, 0.6) is 17.2 Å². The number of hydrogen-bond acceptors (Lipinski definition) is 5. The molecule has 0 N–H and O–H groups in total. The molecule has 0 saturated carbocycles. The van der Waals surface area contributed by atoms with E-state index >= 15 is 0 Å². The van der Waals surface area contributed by atoms with E-state index in [0.717, 1.165) is 69.0 Å². The van der Waals surface area contributed by atoms with E-state index in [0.29, 0.717) is 17.4 Å². The number of likely N-dealkylation sites (tertiary alicyclic amines) is 1. The second-order valence-corrected chi connectivity index (χ2v) is 9.55. The van der Waals surface area contributed by atoms with Gasteiger partial charge in [0.25, 0.3) is 5.91 Å². The average Bonchev–Trinajstić information content (AvgIpc) is 3.08. The van der Waals surface area contributed by atoms with Gasteiger partial charge < -0.3 is 24.0 Å². The third-order valence-electron chi connectivity index (χ3n) is 6.99. The zero-order valence-corrected chi connectivity index (χ0v) is 20.8. The summed E-state index contributed by atoms with van der Waals surface area (Å²) in [7, 11) is 3.25. The van der Waals surface area contributed by atoms with E-state index in [1.54, 1.807) is 14.2 Å². The van der Waals surface area contributed by atoms with Gasteiger partial charge in [0.1, 0.15) is 5.75 Å². The molecule has 1 unspecified atom stereocenters. The first kappa shape index (κ1) is 24.4. The minimum atomic E-state index is 0.115. The summed E-state index contributed by atoms with van der Waals surface area (Å²) in [6.45, 7) is 7.63. The van der Waals surface area contributed by atoms with E-state index in [9.17, 15) is 4.79 Å². The quantitative estimate of drug-likeness (QED) is 0.506. The summed E-state index contributed by atoms with van der Waals surface area (Å²) in [5.74, 6) is 2.88. The normalized spacial score (nSPS) is 18.9. The van der Waals surface area contributed by atoms with Crippen molar-refractivity contribution < 1.29 is 19.0 Å². The highest BCUT2D eigenvalue weighted by molar-refractivity contribution is 5.97. The van der Waals surface area contributed by atoms with Gasteiger partial charge in [-0.05, 0) is 80.5 Å². The topological polar surface area (TPSA) is 51.2 Å². The first-order valence-corrected chi connectivity index (χ1v) is 12.5. The van der Waals surface area contributed by atoms with Crippen molar-refractivity contribution in [2.75, 3.05) is 53.6 Å². The Morgan fingerprint density at radius 2 is 1.85 bits per heavy atom. The lowest BCUT2D eigenvalue weighted by Gasteiger charge is -2.33. The molecule has 1 atom stereocenters. The van der Waals surface area contributed by atoms with E-state index < -0.39 is 0 Å². The van der Waals surface area contributed by atoms with Crippen LogP contribution in [0.4, 0.5) is 0 Å². The number of carbonyl (C=O) groups is 1. The second kappa shape index (κ2) is 11.6. The number of hydrogen-bond donors (Lipinski definition) is 0. The van der Waals surface area contributed by atoms with Crippen LogP contribution in [0.25, 0.3) is 0 Å². The van der Waals surface area contributed by atoms with Crippen molar-refractivity contribution in [3.8, 4) is 17.2 Å². The predicted octanol–water partition coefficient (Wildman–Crippen LogP) is 4.58. The maximum absolute atomic E-state index is 13.3. The number of benzene rings is 2. The van der Waals surface area contributed by atoms with Crippen LogP contribution in [0.1, 0.15) is 47.2 Å². The summed E-state index contributed by atoms with van der Waals surface area (Å²) < 4.78 is 16.8. The predicted molar refractivity (Wildman–Crippen MR) is 134 cm³/mol. The Kier molecular flexibility index (Phi) is 8.33. The summed E-state index contributed by atoms with van der Waals surface area (Å²) >= 11 is 0. The minimum absolute atomic E-state index is 0.115. The summed E-state index contributed by atoms with van der Waals surface area (Å²) in [6.07, 6.45) is 5.50. The first-order chi connectivity index (χ1) is 16.6. The van der Waals surface area contributed by atoms with Crippen molar-refractivity contribution in [1.29, 1.82) is 0 Å². The number of nitrogens with zero attached hydrogens (tertiary/aromatic N) is 2. The van der Waals surface area contributed by atoms with Crippen LogP contribution in [0.2, 0.25) is 0 Å². The molecule has 0 aliphatic carbocycles. The number of rotatable bonds is 9. The zero-order chi connectivity index (χ0) is 23.9. The Balaban J connectivity index is 1.30. The van der Waals surface area contributed by atoms with Gasteiger partial charge in [-0.2, -0.15) is 0 Å². The van der Waals surface area contributed by atoms with Crippen molar-refractivity contribution in [2.24, 2.45) is 5.92 Å². The lowest BCUT2D eigenvalue weighted by atomic mass is 9.95. The molecule has 0 radical (unpaired) electrons. The van der Waals surface area contributed by atoms with Gasteiger partial charge in [0, 0.05) is 31.7 Å². The van der Waals surface area contributed by atoms with Crippen molar-refractivity contribution >= 4 is 5.91 Å². The van der Waals surface area contributed by atoms with Gasteiger partial charge in [-0.25, -0.2) is 0 Å². The smallest absolute Gasteiger partial charge is 0.254 e. The van der Waals surface area contributed by atoms with Gasteiger partial charge in [-0.15, -0.1) is 0 Å². The van der Waals surface area contributed by atoms with Crippen LogP contribution < -0.4 is 14.2 Å². The molecule has 1 saturated heterocycles. The van der Waals surface area contributed by atoms with Crippen molar-refractivity contribution in [3.63, 3.8) is 0 Å². The average molecular weight is 467 g/mol. The maximum Gasteiger partial charge on any atom is 0.254 e. The number of aryl methyl sites for hydroxylation is 1. The third-order valence-corrected chi connectivity index (χ3v) is 6.99. The van der Waals surface area contributed by atoms with Gasteiger partial charge in [-0.3, -0.25) is 4.79 Å². The van der Waals surface area contributed by atoms with Crippen LogP contribution >= 0.6 is 0 Å². The summed E-state index contributed by atoms with van der Waals surface area (Å²) in [6, 6.07) is 12.0. The van der Waals surface area contributed by atoms with E-state index in [2.05, 4.69) is 24.0 Å². The van der Waals surface area contributed by atoms with Crippen LogP contribution in [0.3, 0.4) is 0 Å². The molecular formula is C28H38N2O4. The molecule has 6 heteroatoms. The molecule has 184 valence electrons. The fraction of sp³-hybridized carbons (Fsp3) is 0.536. The second-order valence-electron chi connectivity index (χ2n) is 9.55. The summed E-state index contributed by atoms with van der Waals surface area (Å²) in [4.78, 5) is 17.9. The fourth-order valence-electron chi connectivity index (χ4n) is 5.19. The molecule has 0 bridgehead atoms. The first-order valence-electron chi connectivity index (χ1n) is 12.5. The maximum atomic E-state index is 13.3. The van der Waals surface area contributed by atoms with E-state index in [1.807, 2.05) is 29.2 Å². The van der Waals surface area contributed by atoms with Crippen LogP contribution in [-0.2, 0) is 6.42 Å². The lowest BCUT2D eigenvalue weighted by Crippen LogP contribution is -2.43. The molecule has 2 heterocycles. The fourth-order valence-corrected chi connectivity index (χ4v) is 5.19. The molecule has 0 spiro atoms. The van der Waals surface area contributed by atoms with Crippen molar-refractivity contribution in [3.05, 3.63) is 53.1 Å². The minimum Gasteiger partial charge on any atom is -0.494 e. The Bertz CT molecular complexity index is 977. The largest absolute Gasteiger partial charge is 0.494 e. The third kappa shape index (κ3) is 6.03. The SMILES string of the molecule is COc1cc2c(cc1OC)C(=O)N(CC1CCCCN(CCCOc3cccc(C)c3)C1)CC2. The van der Waals surface area contributed by atoms with E-state index in [4.69, 9.17) is 14.2 Å². The Hall–Kier alpha value is -2.73. The Labute approximate surface area is 203 Å². The Morgan fingerprint density at radius 1 is 1.03 bits per heavy atom. The molecule has 2 aliphatic heterocycles. The summed E-state index contributed by atoms with van der Waals surface area (Å²) in [5, 5.41) is 0. The standard InChI is InChI=1S/C28H38N2O4/c1-21-8-6-10-24(16-21)34-15-7-13-29-12-5-4-9-22(19-29)20-30-14-11-23-17-26(32-2)27(33-3)18-25(23)28(30)31/h6,8,10,16-18,22H,4-5,7,9,11-15,19-20H2,1-3H3. The van der Waals surface area contributed by atoms with E-state index in [1.165, 1.54) is 24.8 Å². The molecule has 1 amide bonds. The molecule has 34 heavy (non-hydrogen) atoms. The van der Waals surface area contributed by atoms with Crippen molar-refractivity contribution in [2.45, 2.75) is 39.0 Å². The van der Waals surface area contributed by atoms with Gasteiger partial charge in [0.15, 0.2) is 11.5 Å². The highest BCUT2D eigenvalue weighted by Crippen LogP contribution is 2.33. The van der Waals surface area contributed by atoms with Gasteiger partial charge in [-0.1, -0.05) is 18.6 Å². The number of methoxy groups -OCH3 is 2. The summed E-state index contributed by atoms with van der Waals surface area (Å²) in [5.41, 5.74) is 3.03. The molecule has 0 aromatic heterocycles. The number of amides is 1. The number of carbonyl (C=O) groups excluding carboxylic acids is 1. The highest BCUT2D eigenvalue weighted by Gasteiger charge is 2.29. The molecular weight excluding hydrogens is 428 g/mol. The van der Waals surface area contributed by atoms with Crippen LogP contribution in [-0.4, -0.2) is 69.3 Å². The van der Waals surface area contributed by atoms with Crippen LogP contribution in [0, 0.1) is 12.8 Å². The zero-order valence-electron chi connectivity index (χ0n) is 20.8. The Morgan fingerprint density at radius 3 is 2.65 bits per heavy atom. The van der Waals surface area contributed by atoms with Gasteiger partial charge >= 0.3 is 0 Å². The molecule has 6 nitrogen and oxygen atoms in total. The van der Waals surface area contributed by atoms with Crippen molar-refractivity contribution in [1.82, 2.24) is 9.80 Å².